The van der Waals surface area contributed by atoms with Crippen LogP contribution in [0.1, 0.15) is 44.1 Å². The minimum Gasteiger partial charge on any atom is -0.354 e. The highest BCUT2D eigenvalue weighted by Crippen LogP contribution is 2.63. The SMILES string of the molecule is O=C(Cn1cccc(C(F)(F)F)c1=O)NCC12CC3CC(CC(Cl)(C3)C1)C2. The van der Waals surface area contributed by atoms with Gasteiger partial charge in [0.1, 0.15) is 12.1 Å². The van der Waals surface area contributed by atoms with E-state index < -0.39 is 29.8 Å². The topological polar surface area (TPSA) is 51.1 Å². The Morgan fingerprint density at radius 2 is 1.93 bits per heavy atom. The molecule has 8 heteroatoms. The predicted octanol–water partition coefficient (Wildman–Crippen LogP) is 3.56. The van der Waals surface area contributed by atoms with Crippen LogP contribution in [-0.2, 0) is 17.5 Å². The van der Waals surface area contributed by atoms with E-state index in [-0.39, 0.29) is 10.3 Å². The number of alkyl halides is 4. The zero-order valence-corrected chi connectivity index (χ0v) is 15.6. The first kappa shape index (κ1) is 18.8. The lowest BCUT2D eigenvalue weighted by atomic mass is 9.49. The molecule has 148 valence electrons. The molecular weight excluding hydrogens is 381 g/mol. The van der Waals surface area contributed by atoms with Gasteiger partial charge in [-0.3, -0.25) is 9.59 Å². The lowest BCUT2D eigenvalue weighted by Crippen LogP contribution is -2.56. The lowest BCUT2D eigenvalue weighted by molar-refractivity contribution is -0.139. The minimum absolute atomic E-state index is 0.0136. The van der Waals surface area contributed by atoms with Crippen LogP contribution in [-0.4, -0.2) is 21.9 Å². The molecule has 0 aliphatic heterocycles. The standard InChI is InChI=1S/C19H22ClF3N2O2/c20-18-7-12-4-13(8-18)6-17(5-12,10-18)11-24-15(26)9-25-3-1-2-14(16(25)27)19(21,22)23/h1-3,12-13H,4-11H2,(H,24,26). The van der Waals surface area contributed by atoms with Gasteiger partial charge in [0.25, 0.3) is 5.56 Å². The molecule has 1 aromatic heterocycles. The van der Waals surface area contributed by atoms with Crippen LogP contribution in [0.3, 0.4) is 0 Å². The summed E-state index contributed by atoms with van der Waals surface area (Å²) in [6, 6.07) is 1.86. The summed E-state index contributed by atoms with van der Waals surface area (Å²) in [5.74, 6) is 0.759. The van der Waals surface area contributed by atoms with E-state index in [0.717, 1.165) is 48.8 Å². The molecule has 4 saturated carbocycles. The number of nitrogens with one attached hydrogen (secondary N) is 1. The van der Waals surface area contributed by atoms with E-state index in [1.807, 2.05) is 0 Å². The largest absolute Gasteiger partial charge is 0.421 e. The Morgan fingerprint density at radius 1 is 1.26 bits per heavy atom. The normalized spacial score (nSPS) is 34.7. The van der Waals surface area contributed by atoms with Crippen molar-refractivity contribution in [2.75, 3.05) is 6.54 Å². The Kier molecular flexibility index (Phi) is 4.37. The van der Waals surface area contributed by atoms with Gasteiger partial charge >= 0.3 is 6.18 Å². The maximum Gasteiger partial charge on any atom is 0.421 e. The van der Waals surface area contributed by atoms with Crippen molar-refractivity contribution in [1.82, 2.24) is 9.88 Å². The number of carbonyl (C=O) groups is 1. The third-order valence-corrected chi connectivity index (χ3v) is 6.85. The molecule has 4 bridgehead atoms. The summed E-state index contributed by atoms with van der Waals surface area (Å²) in [6.45, 7) is 0.0543. The smallest absolute Gasteiger partial charge is 0.354 e. The first-order valence-corrected chi connectivity index (χ1v) is 9.68. The van der Waals surface area contributed by atoms with Crippen LogP contribution in [0.25, 0.3) is 0 Å². The maximum atomic E-state index is 12.8. The number of pyridine rings is 1. The zero-order chi connectivity index (χ0) is 19.4. The second-order valence-electron chi connectivity index (χ2n) is 8.74. The van der Waals surface area contributed by atoms with E-state index in [4.69, 9.17) is 11.6 Å². The minimum atomic E-state index is -4.73. The Balaban J connectivity index is 1.42. The van der Waals surface area contributed by atoms with E-state index in [2.05, 4.69) is 5.32 Å². The first-order valence-electron chi connectivity index (χ1n) is 9.30. The van der Waals surface area contributed by atoms with E-state index in [1.165, 1.54) is 12.6 Å². The van der Waals surface area contributed by atoms with Crippen molar-refractivity contribution < 1.29 is 18.0 Å². The van der Waals surface area contributed by atoms with E-state index in [1.54, 1.807) is 0 Å². The van der Waals surface area contributed by atoms with Gasteiger partial charge in [0.2, 0.25) is 5.91 Å². The Bertz CT molecular complexity index is 806. The zero-order valence-electron chi connectivity index (χ0n) is 14.8. The lowest BCUT2D eigenvalue weighted by Gasteiger charge is -2.60. The molecule has 27 heavy (non-hydrogen) atoms. The molecule has 1 heterocycles. The van der Waals surface area contributed by atoms with Crippen molar-refractivity contribution in [2.24, 2.45) is 17.3 Å². The average Bonchev–Trinajstić information content (AvgIpc) is 2.51. The van der Waals surface area contributed by atoms with Gasteiger partial charge < -0.3 is 9.88 Å². The summed E-state index contributed by atoms with van der Waals surface area (Å²) in [5.41, 5.74) is -2.47. The van der Waals surface area contributed by atoms with E-state index in [9.17, 15) is 22.8 Å². The molecule has 4 aliphatic carbocycles. The molecule has 0 aromatic carbocycles. The fraction of sp³-hybridized carbons (Fsp3) is 0.684. The predicted molar refractivity (Wildman–Crippen MR) is 94.4 cm³/mol. The molecular formula is C19H22ClF3N2O2. The van der Waals surface area contributed by atoms with Gasteiger partial charge in [0.05, 0.1) is 0 Å². The molecule has 0 radical (unpaired) electrons. The summed E-state index contributed by atoms with van der Waals surface area (Å²) >= 11 is 6.78. The summed E-state index contributed by atoms with van der Waals surface area (Å²) in [6.07, 6.45) is 2.73. The number of rotatable bonds is 4. The second kappa shape index (κ2) is 6.26. The van der Waals surface area contributed by atoms with E-state index >= 15 is 0 Å². The van der Waals surface area contributed by atoms with E-state index in [0.29, 0.717) is 18.4 Å². The highest BCUT2D eigenvalue weighted by Gasteiger charge is 2.56. The Morgan fingerprint density at radius 3 is 2.52 bits per heavy atom. The monoisotopic (exact) mass is 402 g/mol. The van der Waals surface area contributed by atoms with Crippen LogP contribution in [0.5, 0.6) is 0 Å². The van der Waals surface area contributed by atoms with Crippen LogP contribution in [0.4, 0.5) is 13.2 Å². The maximum absolute atomic E-state index is 12.8. The number of hydrogen-bond donors (Lipinski definition) is 1. The average molecular weight is 403 g/mol. The summed E-state index contributed by atoms with van der Waals surface area (Å²) < 4.78 is 39.3. The third-order valence-electron chi connectivity index (χ3n) is 6.41. The van der Waals surface area contributed by atoms with Gasteiger partial charge in [-0.05, 0) is 67.9 Å². The number of halogens is 4. The number of hydrogen-bond acceptors (Lipinski definition) is 2. The van der Waals surface area contributed by atoms with Crippen LogP contribution >= 0.6 is 11.6 Å². The van der Waals surface area contributed by atoms with Gasteiger partial charge in [0.15, 0.2) is 0 Å². The van der Waals surface area contributed by atoms with Crippen molar-refractivity contribution in [3.8, 4) is 0 Å². The molecule has 4 aliphatic rings. The first-order chi connectivity index (χ1) is 12.6. The molecule has 4 nitrogen and oxygen atoms in total. The van der Waals surface area contributed by atoms with Crippen molar-refractivity contribution in [3.05, 3.63) is 34.2 Å². The molecule has 4 fully saturated rings. The molecule has 0 spiro atoms. The third kappa shape index (κ3) is 3.62. The van der Waals surface area contributed by atoms with Gasteiger partial charge in [-0.2, -0.15) is 13.2 Å². The molecule has 1 N–H and O–H groups in total. The number of carbonyl (C=O) groups excluding carboxylic acids is 1. The fourth-order valence-electron chi connectivity index (χ4n) is 5.92. The fourth-order valence-corrected chi connectivity index (χ4v) is 6.64. The van der Waals surface area contributed by atoms with Gasteiger partial charge in [-0.15, -0.1) is 11.6 Å². The molecule has 5 rings (SSSR count). The van der Waals surface area contributed by atoms with Gasteiger partial charge in [0, 0.05) is 17.6 Å². The molecule has 1 aromatic rings. The quantitative estimate of drug-likeness (QED) is 0.783. The van der Waals surface area contributed by atoms with Crippen LogP contribution in [0.15, 0.2) is 23.1 Å². The Labute approximate surface area is 160 Å². The molecule has 2 atom stereocenters. The molecule has 2 unspecified atom stereocenters. The van der Waals surface area contributed by atoms with Crippen LogP contribution in [0.2, 0.25) is 0 Å². The number of amides is 1. The van der Waals surface area contributed by atoms with Crippen molar-refractivity contribution in [2.45, 2.75) is 56.1 Å². The highest BCUT2D eigenvalue weighted by atomic mass is 35.5. The van der Waals surface area contributed by atoms with Gasteiger partial charge in [-0.1, -0.05) is 0 Å². The van der Waals surface area contributed by atoms with Crippen molar-refractivity contribution >= 4 is 17.5 Å². The summed E-state index contributed by atoms with van der Waals surface area (Å²) in [5, 5.41) is 2.85. The summed E-state index contributed by atoms with van der Waals surface area (Å²) in [7, 11) is 0. The van der Waals surface area contributed by atoms with Gasteiger partial charge in [-0.25, -0.2) is 0 Å². The Hall–Kier alpha value is -1.50. The second-order valence-corrected chi connectivity index (χ2v) is 9.54. The van der Waals surface area contributed by atoms with Crippen molar-refractivity contribution in [3.63, 3.8) is 0 Å². The molecule has 1 amide bonds. The van der Waals surface area contributed by atoms with Crippen molar-refractivity contribution in [1.29, 1.82) is 0 Å². The molecule has 0 saturated heterocycles. The summed E-state index contributed by atoms with van der Waals surface area (Å²) in [4.78, 5) is 24.1. The number of aromatic nitrogens is 1. The highest BCUT2D eigenvalue weighted by molar-refractivity contribution is 6.24. The van der Waals surface area contributed by atoms with Crippen LogP contribution < -0.4 is 10.9 Å². The number of nitrogens with zero attached hydrogens (tertiary/aromatic N) is 1. The van der Waals surface area contributed by atoms with Crippen LogP contribution in [0, 0.1) is 17.3 Å².